The van der Waals surface area contributed by atoms with Crippen LogP contribution in [-0.4, -0.2) is 34.7 Å². The summed E-state index contributed by atoms with van der Waals surface area (Å²) in [4.78, 5) is 4.02. The van der Waals surface area contributed by atoms with E-state index in [1.54, 1.807) is 10.9 Å². The Morgan fingerprint density at radius 1 is 1.36 bits per heavy atom. The Morgan fingerprint density at radius 2 is 2.14 bits per heavy atom. The number of sulfonamides is 1. The van der Waals surface area contributed by atoms with Crippen LogP contribution in [0, 0.1) is 0 Å². The van der Waals surface area contributed by atoms with Gasteiger partial charge in [0.1, 0.15) is 22.9 Å². The molecular weight excluding hydrogens is 328 g/mol. The number of rotatable bonds is 7. The summed E-state index contributed by atoms with van der Waals surface area (Å²) in [6.07, 6.45) is 2.81. The molecule has 0 saturated heterocycles. The normalized spacial score (nSPS) is 11.6. The molecule has 120 valence electrons. The van der Waals surface area contributed by atoms with Crippen LogP contribution in [0.3, 0.4) is 0 Å². The first-order chi connectivity index (χ1) is 10.5. The Morgan fingerprint density at radius 3 is 2.77 bits per heavy atom. The third-order valence-electron chi connectivity index (χ3n) is 2.93. The lowest BCUT2D eigenvalue weighted by atomic mass is 10.4. The van der Waals surface area contributed by atoms with Crippen LogP contribution in [0.2, 0.25) is 5.02 Å². The van der Waals surface area contributed by atoms with Crippen LogP contribution in [0.1, 0.15) is 19.7 Å². The van der Waals surface area contributed by atoms with Crippen LogP contribution in [0.15, 0.2) is 23.5 Å². The first kappa shape index (κ1) is 16.7. The molecule has 0 bridgehead atoms. The molecule has 0 atom stereocenters. The smallest absolute Gasteiger partial charge is 0.242 e. The Hall–Kier alpha value is -1.71. The molecule has 0 aliphatic heterocycles. The minimum absolute atomic E-state index is 0.00159. The molecule has 0 amide bonds. The van der Waals surface area contributed by atoms with Crippen molar-refractivity contribution in [1.29, 1.82) is 0 Å². The number of pyridine rings is 1. The highest BCUT2D eigenvalue weighted by molar-refractivity contribution is 7.89. The zero-order chi connectivity index (χ0) is 16.2. The lowest BCUT2D eigenvalue weighted by molar-refractivity contribution is 0.574. The van der Waals surface area contributed by atoms with Crippen LogP contribution in [-0.2, 0) is 23.1 Å². The van der Waals surface area contributed by atoms with E-state index in [9.17, 15) is 8.42 Å². The van der Waals surface area contributed by atoms with E-state index in [1.165, 1.54) is 12.3 Å². The van der Waals surface area contributed by atoms with Gasteiger partial charge in [0.05, 0.1) is 11.6 Å². The van der Waals surface area contributed by atoms with E-state index in [0.717, 1.165) is 0 Å². The summed E-state index contributed by atoms with van der Waals surface area (Å²) < 4.78 is 28.7. The fraction of sp³-hybridized carbons (Fsp3) is 0.417. The van der Waals surface area contributed by atoms with Crippen LogP contribution >= 0.6 is 11.6 Å². The van der Waals surface area contributed by atoms with Gasteiger partial charge in [0.15, 0.2) is 0 Å². The molecule has 2 aromatic rings. The molecular formula is C12H17ClN6O2S. The zero-order valence-electron chi connectivity index (χ0n) is 12.2. The monoisotopic (exact) mass is 344 g/mol. The summed E-state index contributed by atoms with van der Waals surface area (Å²) in [7, 11) is -3.72. The fourth-order valence-corrected chi connectivity index (χ4v) is 3.04. The SMILES string of the molecule is CCNc1ncc(S(=O)(=O)NCc2nncn2CC)cc1Cl. The first-order valence-corrected chi connectivity index (χ1v) is 8.59. The maximum Gasteiger partial charge on any atom is 0.242 e. The average molecular weight is 345 g/mol. The summed E-state index contributed by atoms with van der Waals surface area (Å²) in [6, 6.07) is 1.36. The van der Waals surface area contributed by atoms with Crippen molar-refractivity contribution in [2.75, 3.05) is 11.9 Å². The third-order valence-corrected chi connectivity index (χ3v) is 4.58. The molecule has 2 rings (SSSR count). The van der Waals surface area contributed by atoms with Gasteiger partial charge >= 0.3 is 0 Å². The number of halogens is 1. The number of aromatic nitrogens is 4. The van der Waals surface area contributed by atoms with E-state index in [4.69, 9.17) is 11.6 Å². The van der Waals surface area contributed by atoms with Crippen LogP contribution < -0.4 is 10.0 Å². The minimum Gasteiger partial charge on any atom is -0.369 e. The predicted molar refractivity (Wildman–Crippen MR) is 83.1 cm³/mol. The van der Waals surface area contributed by atoms with Crippen LogP contribution in [0.5, 0.6) is 0 Å². The summed E-state index contributed by atoms with van der Waals surface area (Å²) in [6.45, 7) is 5.17. The third kappa shape index (κ3) is 3.73. The van der Waals surface area contributed by atoms with Crippen molar-refractivity contribution >= 4 is 27.4 Å². The van der Waals surface area contributed by atoms with Crippen LogP contribution in [0.25, 0.3) is 0 Å². The van der Waals surface area contributed by atoms with Crippen molar-refractivity contribution < 1.29 is 8.42 Å². The Bertz CT molecular complexity index is 746. The molecule has 0 fully saturated rings. The van der Waals surface area contributed by atoms with Gasteiger partial charge in [-0.25, -0.2) is 18.1 Å². The predicted octanol–water partition coefficient (Wildman–Crippen LogP) is 1.26. The number of nitrogens with one attached hydrogen (secondary N) is 2. The van der Waals surface area contributed by atoms with E-state index in [2.05, 4.69) is 25.2 Å². The highest BCUT2D eigenvalue weighted by Gasteiger charge is 2.17. The molecule has 0 aliphatic rings. The number of hydrogen-bond donors (Lipinski definition) is 2. The Kier molecular flexibility index (Phi) is 5.33. The van der Waals surface area contributed by atoms with E-state index in [0.29, 0.717) is 24.7 Å². The summed E-state index contributed by atoms with van der Waals surface area (Å²) in [5, 5.41) is 10.8. The van der Waals surface area contributed by atoms with Crippen molar-refractivity contribution in [2.24, 2.45) is 0 Å². The molecule has 0 saturated carbocycles. The molecule has 2 heterocycles. The molecule has 0 spiro atoms. The van der Waals surface area contributed by atoms with Gasteiger partial charge in [-0.2, -0.15) is 0 Å². The molecule has 2 N–H and O–H groups in total. The highest BCUT2D eigenvalue weighted by Crippen LogP contribution is 2.22. The molecule has 8 nitrogen and oxygen atoms in total. The topological polar surface area (TPSA) is 102 Å². The van der Waals surface area contributed by atoms with Gasteiger partial charge in [-0.05, 0) is 19.9 Å². The van der Waals surface area contributed by atoms with E-state index < -0.39 is 10.0 Å². The Balaban J connectivity index is 2.15. The maximum absolute atomic E-state index is 12.3. The number of hydrogen-bond acceptors (Lipinski definition) is 6. The zero-order valence-corrected chi connectivity index (χ0v) is 13.8. The summed E-state index contributed by atoms with van der Waals surface area (Å²) in [5.41, 5.74) is 0. The average Bonchev–Trinajstić information content (AvgIpc) is 2.95. The summed E-state index contributed by atoms with van der Waals surface area (Å²) in [5.74, 6) is 0.989. The Labute approximate surface area is 134 Å². The highest BCUT2D eigenvalue weighted by atomic mass is 35.5. The van der Waals surface area contributed by atoms with Crippen LogP contribution in [0.4, 0.5) is 5.82 Å². The fourth-order valence-electron chi connectivity index (χ4n) is 1.79. The maximum atomic E-state index is 12.3. The van der Waals surface area contributed by atoms with E-state index in [1.807, 2.05) is 13.8 Å². The molecule has 10 heteroatoms. The molecule has 0 unspecified atom stereocenters. The second-order valence-electron chi connectivity index (χ2n) is 4.39. The van der Waals surface area contributed by atoms with Crippen molar-refractivity contribution in [3.8, 4) is 0 Å². The van der Waals surface area contributed by atoms with Crippen molar-refractivity contribution in [1.82, 2.24) is 24.5 Å². The second-order valence-corrected chi connectivity index (χ2v) is 6.56. The molecule has 2 aromatic heterocycles. The number of anilines is 1. The van der Waals surface area contributed by atoms with Gasteiger partial charge < -0.3 is 9.88 Å². The molecule has 0 radical (unpaired) electrons. The molecule has 0 aliphatic carbocycles. The van der Waals surface area contributed by atoms with Gasteiger partial charge in [-0.3, -0.25) is 0 Å². The minimum atomic E-state index is -3.72. The summed E-state index contributed by atoms with van der Waals surface area (Å²) >= 11 is 6.02. The van der Waals surface area contributed by atoms with Gasteiger partial charge in [0, 0.05) is 19.3 Å². The standard InChI is InChI=1S/C12H17ClN6O2S/c1-3-14-12-10(13)5-9(6-15-12)22(20,21)17-7-11-18-16-8-19(11)4-2/h5-6,8,17H,3-4,7H2,1-2H3,(H,14,15). The van der Waals surface area contributed by atoms with Gasteiger partial charge in [-0.15, -0.1) is 10.2 Å². The lowest BCUT2D eigenvalue weighted by Crippen LogP contribution is -2.25. The number of aryl methyl sites for hydroxylation is 1. The molecule has 22 heavy (non-hydrogen) atoms. The number of nitrogens with zero attached hydrogens (tertiary/aromatic N) is 4. The first-order valence-electron chi connectivity index (χ1n) is 6.73. The van der Waals surface area contributed by atoms with E-state index in [-0.39, 0.29) is 16.5 Å². The largest absolute Gasteiger partial charge is 0.369 e. The van der Waals surface area contributed by atoms with Crippen molar-refractivity contribution in [3.63, 3.8) is 0 Å². The van der Waals surface area contributed by atoms with Gasteiger partial charge in [0.25, 0.3) is 0 Å². The van der Waals surface area contributed by atoms with Crippen molar-refractivity contribution in [2.45, 2.75) is 31.8 Å². The van der Waals surface area contributed by atoms with E-state index >= 15 is 0 Å². The lowest BCUT2D eigenvalue weighted by Gasteiger charge is -2.09. The quantitative estimate of drug-likeness (QED) is 0.784. The van der Waals surface area contributed by atoms with Gasteiger partial charge in [0.2, 0.25) is 10.0 Å². The van der Waals surface area contributed by atoms with Crippen molar-refractivity contribution in [3.05, 3.63) is 29.4 Å². The second kappa shape index (κ2) is 7.03. The van der Waals surface area contributed by atoms with Gasteiger partial charge in [-0.1, -0.05) is 11.6 Å². The molecule has 0 aromatic carbocycles.